The second kappa shape index (κ2) is 9.06. The minimum Gasteiger partial charge on any atom is -0.391 e. The Morgan fingerprint density at radius 1 is 1.20 bits per heavy atom. The van der Waals surface area contributed by atoms with Crippen molar-refractivity contribution in [2.75, 3.05) is 34.5 Å². The fraction of sp³-hybridized carbons (Fsp3) is 1.00. The van der Waals surface area contributed by atoms with Crippen LogP contribution in [-0.2, 0) is 14.2 Å². The van der Waals surface area contributed by atoms with Crippen LogP contribution >= 0.6 is 0 Å². The lowest BCUT2D eigenvalue weighted by Crippen LogP contribution is -2.41. The smallest absolute Gasteiger partial charge is 0.171 e. The van der Waals surface area contributed by atoms with Gasteiger partial charge < -0.3 is 24.6 Å². The van der Waals surface area contributed by atoms with Crippen LogP contribution in [0.5, 0.6) is 0 Å². The van der Waals surface area contributed by atoms with E-state index in [9.17, 15) is 5.11 Å². The van der Waals surface area contributed by atoms with E-state index in [1.165, 1.54) is 0 Å². The Balaban J connectivity index is 3.57. The van der Waals surface area contributed by atoms with Gasteiger partial charge in [-0.15, -0.1) is 0 Å². The molecular weight excluding hydrogens is 198 g/mol. The first-order chi connectivity index (χ1) is 7.15. The SMILES string of the molecule is COCC(O)CCNC(C)C(OC)OC. The molecular formula is C10H23NO4. The minimum absolute atomic E-state index is 0.0924. The maximum atomic E-state index is 9.39. The van der Waals surface area contributed by atoms with Crippen molar-refractivity contribution < 1.29 is 19.3 Å². The van der Waals surface area contributed by atoms with Gasteiger partial charge in [0.25, 0.3) is 0 Å². The summed E-state index contributed by atoms with van der Waals surface area (Å²) in [5, 5.41) is 12.6. The molecule has 0 heterocycles. The van der Waals surface area contributed by atoms with E-state index in [-0.39, 0.29) is 12.3 Å². The second-order valence-electron chi connectivity index (χ2n) is 3.48. The zero-order valence-corrected chi connectivity index (χ0v) is 10.0. The Hall–Kier alpha value is -0.200. The number of aliphatic hydroxyl groups excluding tert-OH is 1. The second-order valence-corrected chi connectivity index (χ2v) is 3.48. The van der Waals surface area contributed by atoms with E-state index < -0.39 is 6.10 Å². The van der Waals surface area contributed by atoms with E-state index in [0.717, 1.165) is 0 Å². The van der Waals surface area contributed by atoms with Crippen molar-refractivity contribution in [1.29, 1.82) is 0 Å². The van der Waals surface area contributed by atoms with Crippen LogP contribution in [0.15, 0.2) is 0 Å². The summed E-state index contributed by atoms with van der Waals surface area (Å²) < 4.78 is 15.0. The Morgan fingerprint density at radius 3 is 2.27 bits per heavy atom. The van der Waals surface area contributed by atoms with Crippen LogP contribution in [0.4, 0.5) is 0 Å². The Morgan fingerprint density at radius 2 is 1.80 bits per heavy atom. The summed E-state index contributed by atoms with van der Waals surface area (Å²) in [5.74, 6) is 0. The molecule has 0 amide bonds. The first kappa shape index (κ1) is 14.8. The van der Waals surface area contributed by atoms with Gasteiger partial charge in [-0.3, -0.25) is 0 Å². The third kappa shape index (κ3) is 6.81. The molecule has 0 aromatic rings. The first-order valence-electron chi connectivity index (χ1n) is 5.11. The van der Waals surface area contributed by atoms with Gasteiger partial charge in [0.1, 0.15) is 0 Å². The van der Waals surface area contributed by atoms with E-state index in [4.69, 9.17) is 14.2 Å². The number of rotatable bonds is 9. The lowest BCUT2D eigenvalue weighted by Gasteiger charge is -2.22. The van der Waals surface area contributed by atoms with Crippen molar-refractivity contribution in [3.8, 4) is 0 Å². The van der Waals surface area contributed by atoms with Gasteiger partial charge >= 0.3 is 0 Å². The van der Waals surface area contributed by atoms with E-state index in [0.29, 0.717) is 19.6 Å². The maximum Gasteiger partial charge on any atom is 0.171 e. The summed E-state index contributed by atoms with van der Waals surface area (Å²) in [5.41, 5.74) is 0. The monoisotopic (exact) mass is 221 g/mol. The van der Waals surface area contributed by atoms with Crippen LogP contribution in [0.2, 0.25) is 0 Å². The van der Waals surface area contributed by atoms with Crippen molar-refractivity contribution in [1.82, 2.24) is 5.32 Å². The molecule has 5 nitrogen and oxygen atoms in total. The van der Waals surface area contributed by atoms with Crippen molar-refractivity contribution in [2.24, 2.45) is 0 Å². The molecule has 0 aliphatic rings. The number of methoxy groups -OCH3 is 3. The zero-order valence-electron chi connectivity index (χ0n) is 10.0. The number of hydrogen-bond donors (Lipinski definition) is 2. The molecule has 0 rings (SSSR count). The summed E-state index contributed by atoms with van der Waals surface area (Å²) >= 11 is 0. The van der Waals surface area contributed by atoms with Gasteiger partial charge in [0.05, 0.1) is 18.8 Å². The fourth-order valence-corrected chi connectivity index (χ4v) is 1.35. The van der Waals surface area contributed by atoms with Crippen molar-refractivity contribution in [3.63, 3.8) is 0 Å². The Labute approximate surface area is 91.7 Å². The van der Waals surface area contributed by atoms with Gasteiger partial charge in [-0.2, -0.15) is 0 Å². The summed E-state index contributed by atoms with van der Waals surface area (Å²) in [6.45, 7) is 3.04. The first-order valence-corrected chi connectivity index (χ1v) is 5.11. The van der Waals surface area contributed by atoms with Gasteiger partial charge in [-0.25, -0.2) is 0 Å². The topological polar surface area (TPSA) is 60.0 Å². The van der Waals surface area contributed by atoms with E-state index in [1.54, 1.807) is 21.3 Å². The minimum atomic E-state index is -0.418. The normalized spacial score (nSPS) is 15.6. The molecule has 0 bridgehead atoms. The van der Waals surface area contributed by atoms with Gasteiger partial charge in [0.2, 0.25) is 0 Å². The van der Waals surface area contributed by atoms with Crippen LogP contribution in [0, 0.1) is 0 Å². The summed E-state index contributed by atoms with van der Waals surface area (Å²) in [4.78, 5) is 0. The highest BCUT2D eigenvalue weighted by Gasteiger charge is 2.15. The summed E-state index contributed by atoms with van der Waals surface area (Å²) in [6.07, 6.45) is -0.0268. The molecule has 5 heteroatoms. The molecule has 92 valence electrons. The standard InChI is InChI=1S/C10H23NO4/c1-8(10(14-3)15-4)11-6-5-9(12)7-13-2/h8-12H,5-7H2,1-4H3. The molecule has 2 unspecified atom stereocenters. The van der Waals surface area contributed by atoms with Crippen molar-refractivity contribution >= 4 is 0 Å². The highest BCUT2D eigenvalue weighted by atomic mass is 16.7. The average Bonchev–Trinajstić information content (AvgIpc) is 2.20. The lowest BCUT2D eigenvalue weighted by molar-refractivity contribution is -0.119. The highest BCUT2D eigenvalue weighted by molar-refractivity contribution is 4.66. The van der Waals surface area contributed by atoms with Gasteiger partial charge in [-0.1, -0.05) is 0 Å². The Kier molecular flexibility index (Phi) is 8.94. The van der Waals surface area contributed by atoms with E-state index in [1.807, 2.05) is 6.92 Å². The zero-order chi connectivity index (χ0) is 11.7. The van der Waals surface area contributed by atoms with Crippen LogP contribution in [-0.4, -0.2) is 58.0 Å². The number of aliphatic hydroxyl groups is 1. The largest absolute Gasteiger partial charge is 0.391 e. The molecule has 0 fully saturated rings. The summed E-state index contributed by atoms with van der Waals surface area (Å²) in [6, 6.07) is 0.0924. The number of ether oxygens (including phenoxy) is 3. The number of nitrogens with one attached hydrogen (secondary N) is 1. The molecule has 0 saturated heterocycles. The van der Waals surface area contributed by atoms with Gasteiger partial charge in [0, 0.05) is 21.3 Å². The highest BCUT2D eigenvalue weighted by Crippen LogP contribution is 1.99. The third-order valence-electron chi connectivity index (χ3n) is 2.18. The average molecular weight is 221 g/mol. The van der Waals surface area contributed by atoms with E-state index >= 15 is 0 Å². The van der Waals surface area contributed by atoms with Gasteiger partial charge in [0.15, 0.2) is 6.29 Å². The van der Waals surface area contributed by atoms with Crippen LogP contribution in [0.1, 0.15) is 13.3 Å². The molecule has 0 radical (unpaired) electrons. The molecule has 0 aromatic carbocycles. The molecule has 15 heavy (non-hydrogen) atoms. The maximum absolute atomic E-state index is 9.39. The molecule has 0 aromatic heterocycles. The quantitative estimate of drug-likeness (QED) is 0.536. The predicted molar refractivity (Wildman–Crippen MR) is 57.8 cm³/mol. The summed E-state index contributed by atoms with van der Waals surface area (Å²) in [7, 11) is 4.78. The molecule has 0 spiro atoms. The van der Waals surface area contributed by atoms with Crippen LogP contribution in [0.3, 0.4) is 0 Å². The molecule has 0 aliphatic carbocycles. The molecule has 0 saturated carbocycles. The van der Waals surface area contributed by atoms with E-state index in [2.05, 4.69) is 5.32 Å². The van der Waals surface area contributed by atoms with Crippen LogP contribution in [0.25, 0.3) is 0 Å². The third-order valence-corrected chi connectivity index (χ3v) is 2.18. The predicted octanol–water partition coefficient (Wildman–Crippen LogP) is -0.0192. The van der Waals surface area contributed by atoms with Crippen molar-refractivity contribution in [3.05, 3.63) is 0 Å². The number of hydrogen-bond acceptors (Lipinski definition) is 5. The fourth-order valence-electron chi connectivity index (χ4n) is 1.35. The lowest BCUT2D eigenvalue weighted by atomic mass is 10.2. The van der Waals surface area contributed by atoms with Gasteiger partial charge in [-0.05, 0) is 19.9 Å². The molecule has 2 atom stereocenters. The van der Waals surface area contributed by atoms with Crippen molar-refractivity contribution in [2.45, 2.75) is 31.8 Å². The van der Waals surface area contributed by atoms with Crippen LogP contribution < -0.4 is 5.32 Å². The Bertz CT molecular complexity index is 141. The molecule has 0 aliphatic heterocycles. The molecule has 2 N–H and O–H groups in total.